The number of quaternary nitrogens is 1. The van der Waals surface area contributed by atoms with Crippen molar-refractivity contribution in [1.29, 1.82) is 0 Å². The first-order valence-corrected chi connectivity index (χ1v) is 12.3. The zero-order valence-electron chi connectivity index (χ0n) is 20.9. The molecule has 0 atom stereocenters. The zero-order valence-corrected chi connectivity index (χ0v) is 21.7. The third-order valence-electron chi connectivity index (χ3n) is 5.47. The Balaban J connectivity index is 1.77. The summed E-state index contributed by atoms with van der Waals surface area (Å²) in [4.78, 5) is 16.6. The van der Waals surface area contributed by atoms with Gasteiger partial charge in [-0.15, -0.1) is 0 Å². The number of aryl methyl sites for hydroxylation is 2. The van der Waals surface area contributed by atoms with Crippen molar-refractivity contribution in [1.82, 2.24) is 9.47 Å². The number of nitrogens with two attached hydrogens (primary N) is 1. The molecular weight excluding hydrogens is 430 g/mol. The van der Waals surface area contributed by atoms with Crippen LogP contribution in [0.25, 0.3) is 6.08 Å². The minimum Gasteiger partial charge on any atom is -0.375 e. The Kier molecular flexibility index (Phi) is 11.0. The van der Waals surface area contributed by atoms with E-state index in [1.165, 1.54) is 16.8 Å². The number of carbonyl (C=O) groups excluding carboxylic acids is 1. The fraction of sp³-hybridized carbons (Fsp3) is 0.385. The summed E-state index contributed by atoms with van der Waals surface area (Å²) in [5.74, 6) is 0.612. The number of hydrogen-bond donors (Lipinski definition) is 1. The molecule has 6 nitrogen and oxygen atoms in total. The summed E-state index contributed by atoms with van der Waals surface area (Å²) >= 11 is 1.58. The molecule has 0 aliphatic heterocycles. The van der Waals surface area contributed by atoms with Crippen molar-refractivity contribution in [3.63, 3.8) is 0 Å². The predicted octanol–water partition coefficient (Wildman–Crippen LogP) is 2.59. The second kappa shape index (κ2) is 13.7. The predicted molar refractivity (Wildman–Crippen MR) is 139 cm³/mol. The standard InChI is InChI=1S/C26H38N5OS/c1-7-22(15-16-27-2)9-10-23-11-13-24(14-12-23)28(3)17-8-18-29(4)25(32)21-33-26-30(5)19-20-31(26)6/h7,9-16,19-20,27H,8,17-18,21H2,1-6H3/q+1/p+1/b10-9+,16-15-,22-7-. The third-order valence-corrected chi connectivity index (χ3v) is 6.70. The lowest BCUT2D eigenvalue weighted by Crippen LogP contribution is -2.72. The normalized spacial score (nSPS) is 12.1. The van der Waals surface area contributed by atoms with Gasteiger partial charge in [-0.25, -0.2) is 9.13 Å². The number of amides is 1. The molecule has 1 aromatic heterocycles. The van der Waals surface area contributed by atoms with Crippen LogP contribution in [-0.2, 0) is 18.9 Å². The number of imidazole rings is 1. The number of aromatic nitrogens is 2. The molecule has 2 aromatic rings. The summed E-state index contributed by atoms with van der Waals surface area (Å²) in [5, 5.41) is 3.10. The number of thioether (sulfide) groups is 1. The highest BCUT2D eigenvalue weighted by Crippen LogP contribution is 2.16. The van der Waals surface area contributed by atoms with Crippen molar-refractivity contribution in [3.8, 4) is 0 Å². The van der Waals surface area contributed by atoms with Gasteiger partial charge in [-0.05, 0) is 54.5 Å². The van der Waals surface area contributed by atoms with Gasteiger partial charge in [-0.2, -0.15) is 0 Å². The van der Waals surface area contributed by atoms with Crippen molar-refractivity contribution in [2.75, 3.05) is 44.9 Å². The Morgan fingerprint density at radius 2 is 1.91 bits per heavy atom. The van der Waals surface area contributed by atoms with Gasteiger partial charge in [0.05, 0.1) is 33.1 Å². The molecule has 2 N–H and O–H groups in total. The van der Waals surface area contributed by atoms with E-state index in [0.29, 0.717) is 5.75 Å². The molecule has 0 radical (unpaired) electrons. The second-order valence-corrected chi connectivity index (χ2v) is 9.03. The Bertz CT molecular complexity index is 956. The van der Waals surface area contributed by atoms with E-state index in [4.69, 9.17) is 0 Å². The van der Waals surface area contributed by atoms with E-state index in [1.54, 1.807) is 11.8 Å². The van der Waals surface area contributed by atoms with E-state index in [9.17, 15) is 4.79 Å². The van der Waals surface area contributed by atoms with Gasteiger partial charge in [-0.1, -0.05) is 30.4 Å². The van der Waals surface area contributed by atoms with Crippen LogP contribution in [0.5, 0.6) is 0 Å². The molecule has 0 fully saturated rings. The van der Waals surface area contributed by atoms with Crippen LogP contribution in [0.4, 0.5) is 5.69 Å². The maximum Gasteiger partial charge on any atom is 0.318 e. The first-order valence-electron chi connectivity index (χ1n) is 11.3. The lowest BCUT2D eigenvalue weighted by atomic mass is 10.1. The molecule has 1 amide bonds. The van der Waals surface area contributed by atoms with Crippen LogP contribution >= 0.6 is 11.8 Å². The number of benzene rings is 1. The highest BCUT2D eigenvalue weighted by Gasteiger charge is 2.16. The lowest BCUT2D eigenvalue weighted by molar-refractivity contribution is -0.709. The Morgan fingerprint density at radius 1 is 1.18 bits per heavy atom. The van der Waals surface area contributed by atoms with Crippen molar-refractivity contribution in [2.24, 2.45) is 14.1 Å². The van der Waals surface area contributed by atoms with E-state index >= 15 is 0 Å². The quantitative estimate of drug-likeness (QED) is 0.295. The SMILES string of the molecule is C/C=C(\C=C/[NH2+]C)/C=C/c1ccc(N(C)CCCN(C)C(=O)CSc2n(C)cc[n+]2C)cc1. The van der Waals surface area contributed by atoms with Crippen LogP contribution in [0, 0.1) is 0 Å². The van der Waals surface area contributed by atoms with Crippen LogP contribution in [0.2, 0.25) is 0 Å². The number of rotatable bonds is 12. The molecule has 1 heterocycles. The highest BCUT2D eigenvalue weighted by atomic mass is 32.2. The van der Waals surface area contributed by atoms with E-state index in [2.05, 4.69) is 60.5 Å². The molecule has 0 spiro atoms. The molecule has 0 bridgehead atoms. The molecule has 178 valence electrons. The monoisotopic (exact) mass is 469 g/mol. The van der Waals surface area contributed by atoms with E-state index < -0.39 is 0 Å². The molecule has 0 saturated heterocycles. The number of anilines is 1. The Morgan fingerprint density at radius 3 is 2.52 bits per heavy atom. The molecule has 0 aliphatic rings. The second-order valence-electron chi connectivity index (χ2n) is 8.09. The van der Waals surface area contributed by atoms with Crippen molar-refractivity contribution >= 4 is 29.4 Å². The number of hydrogen-bond acceptors (Lipinski definition) is 3. The molecule has 7 heteroatoms. The van der Waals surface area contributed by atoms with E-state index in [0.717, 1.165) is 24.7 Å². The third kappa shape index (κ3) is 8.59. The summed E-state index contributed by atoms with van der Waals surface area (Å²) in [7, 11) is 10.0. The maximum absolute atomic E-state index is 12.5. The van der Waals surface area contributed by atoms with Crippen LogP contribution in [0.15, 0.2) is 71.8 Å². The molecule has 1 aromatic carbocycles. The first-order chi connectivity index (χ1) is 15.8. The van der Waals surface area contributed by atoms with Crippen LogP contribution in [0.3, 0.4) is 0 Å². The average Bonchev–Trinajstić information content (AvgIpc) is 3.14. The van der Waals surface area contributed by atoms with Gasteiger partial charge >= 0.3 is 5.16 Å². The molecule has 0 unspecified atom stereocenters. The van der Waals surface area contributed by atoms with E-state index in [-0.39, 0.29) is 5.91 Å². The maximum atomic E-state index is 12.5. The average molecular weight is 470 g/mol. The van der Waals surface area contributed by atoms with Crippen molar-refractivity contribution in [3.05, 3.63) is 72.2 Å². The van der Waals surface area contributed by atoms with E-state index in [1.807, 2.05) is 73.1 Å². The minimum absolute atomic E-state index is 0.159. The Labute approximate surface area is 203 Å². The van der Waals surface area contributed by atoms with Crippen LogP contribution in [0.1, 0.15) is 18.9 Å². The molecule has 33 heavy (non-hydrogen) atoms. The van der Waals surface area contributed by atoms with Gasteiger partial charge in [0.2, 0.25) is 5.91 Å². The smallest absolute Gasteiger partial charge is 0.318 e. The summed E-state index contributed by atoms with van der Waals surface area (Å²) in [6, 6.07) is 8.58. The molecular formula is C26H39N5OS+2. The van der Waals surface area contributed by atoms with Crippen LogP contribution < -0.4 is 14.8 Å². The largest absolute Gasteiger partial charge is 0.375 e. The number of nitrogens with zero attached hydrogens (tertiary/aromatic N) is 4. The molecule has 0 saturated carbocycles. The van der Waals surface area contributed by atoms with Crippen LogP contribution in [-0.4, -0.2) is 55.4 Å². The lowest BCUT2D eigenvalue weighted by Gasteiger charge is -2.22. The Hall–Kier alpha value is -2.77. The summed E-state index contributed by atoms with van der Waals surface area (Å²) in [6.45, 7) is 3.69. The highest BCUT2D eigenvalue weighted by molar-refractivity contribution is 7.99. The fourth-order valence-electron chi connectivity index (χ4n) is 3.30. The number of allylic oxidation sites excluding steroid dienone is 4. The first kappa shape index (κ1) is 26.5. The molecule has 2 rings (SSSR count). The number of carbonyl (C=O) groups is 1. The van der Waals surface area contributed by atoms with Crippen molar-refractivity contribution in [2.45, 2.75) is 18.5 Å². The molecule has 0 aliphatic carbocycles. The van der Waals surface area contributed by atoms with Gasteiger partial charge in [0.1, 0.15) is 12.4 Å². The van der Waals surface area contributed by atoms with Gasteiger partial charge in [-0.3, -0.25) is 4.79 Å². The topological polar surface area (TPSA) is 49.0 Å². The zero-order chi connectivity index (χ0) is 24.2. The minimum atomic E-state index is 0.159. The fourth-order valence-corrected chi connectivity index (χ4v) is 4.30. The summed E-state index contributed by atoms with van der Waals surface area (Å²) < 4.78 is 4.07. The summed E-state index contributed by atoms with van der Waals surface area (Å²) in [5.41, 5.74) is 3.54. The van der Waals surface area contributed by atoms with Gasteiger partial charge in [0.15, 0.2) is 0 Å². The van der Waals surface area contributed by atoms with Crippen molar-refractivity contribution < 1.29 is 14.7 Å². The van der Waals surface area contributed by atoms with Gasteiger partial charge in [0, 0.05) is 32.9 Å². The summed E-state index contributed by atoms with van der Waals surface area (Å²) in [6.07, 6.45) is 15.4. The van der Waals surface area contributed by atoms with Gasteiger partial charge < -0.3 is 15.1 Å². The van der Waals surface area contributed by atoms with Gasteiger partial charge in [0.25, 0.3) is 0 Å².